The highest BCUT2D eigenvalue weighted by Crippen LogP contribution is 2.53. The Morgan fingerprint density at radius 3 is 2.05 bits per heavy atom. The van der Waals surface area contributed by atoms with E-state index in [1.54, 1.807) is 24.3 Å². The van der Waals surface area contributed by atoms with E-state index in [-0.39, 0.29) is 27.9 Å². The summed E-state index contributed by atoms with van der Waals surface area (Å²) in [4.78, 5) is 2.76. The predicted molar refractivity (Wildman–Crippen MR) is 175 cm³/mol. The van der Waals surface area contributed by atoms with Crippen molar-refractivity contribution in [2.45, 2.75) is 69.9 Å². The first-order chi connectivity index (χ1) is 20.0. The van der Waals surface area contributed by atoms with Crippen LogP contribution in [0.25, 0.3) is 0 Å². The van der Waals surface area contributed by atoms with Crippen molar-refractivity contribution in [3.8, 4) is 0 Å². The Kier molecular flexibility index (Phi) is 8.66. The van der Waals surface area contributed by atoms with Gasteiger partial charge in [0.1, 0.15) is 0 Å². The largest absolute Gasteiger partial charge is 0.404 e. The number of nitrogens with zero attached hydrogens (tertiary/aromatic N) is 1. The fraction of sp³-hybridized carbons (Fsp3) is 0.400. The zero-order valence-corrected chi connectivity index (χ0v) is 27.3. The lowest BCUT2D eigenvalue weighted by Crippen LogP contribution is -2.68. The summed E-state index contributed by atoms with van der Waals surface area (Å²) in [6, 6.07) is 28.5. The van der Waals surface area contributed by atoms with Crippen molar-refractivity contribution in [1.82, 2.24) is 4.83 Å². The molecule has 0 unspecified atom stereocenters. The Labute approximate surface area is 253 Å². The Bertz CT molecular complexity index is 1480. The fourth-order valence-corrected chi connectivity index (χ4v) is 12.9. The average molecular weight is 601 g/mol. The lowest BCUT2D eigenvalue weighted by molar-refractivity contribution is 0.133. The zero-order chi connectivity index (χ0) is 30.1. The van der Waals surface area contributed by atoms with Crippen LogP contribution in [0.2, 0.25) is 5.04 Å². The maximum atomic E-state index is 12.9. The molecule has 0 radical (unpaired) electrons. The molecule has 0 spiro atoms. The molecule has 2 aliphatic rings. The van der Waals surface area contributed by atoms with E-state index < -0.39 is 18.3 Å². The molecule has 0 amide bonds. The van der Waals surface area contributed by atoms with E-state index in [9.17, 15) is 8.42 Å². The van der Waals surface area contributed by atoms with Crippen LogP contribution in [0.3, 0.4) is 0 Å². The number of fused-ring (bicyclic) bond motifs is 1. The van der Waals surface area contributed by atoms with Gasteiger partial charge in [-0.1, -0.05) is 112 Å². The molecule has 0 aromatic heterocycles. The molecule has 0 bridgehead atoms. The summed E-state index contributed by atoms with van der Waals surface area (Å²) in [5, 5.41) is 6.99. The summed E-state index contributed by atoms with van der Waals surface area (Å²) >= 11 is 0. The van der Waals surface area contributed by atoms with E-state index >= 15 is 0 Å². The highest BCUT2D eigenvalue weighted by molar-refractivity contribution is 7.89. The third-order valence-corrected chi connectivity index (χ3v) is 15.8. The van der Waals surface area contributed by atoms with Gasteiger partial charge in [0.25, 0.3) is 18.3 Å². The molecule has 0 heterocycles. The SMILES string of the molecule is C=CC[C@@H]1[C@H]2C/C(=N\NS(=O)(=O)c3ccc(C)cc3)[C@H](C)[C@H]2C[C@H]1O[Si](c1ccccc1)(c1ccccc1)C(C)(C)C. The van der Waals surface area contributed by atoms with Crippen molar-refractivity contribution in [1.29, 1.82) is 0 Å². The molecule has 42 heavy (non-hydrogen) atoms. The minimum absolute atomic E-state index is 0.0811. The third kappa shape index (κ3) is 5.66. The van der Waals surface area contributed by atoms with Crippen LogP contribution in [0.15, 0.2) is 108 Å². The lowest BCUT2D eigenvalue weighted by atomic mass is 9.87. The van der Waals surface area contributed by atoms with Gasteiger partial charge < -0.3 is 4.43 Å². The van der Waals surface area contributed by atoms with Crippen molar-refractivity contribution in [2.24, 2.45) is 28.8 Å². The molecule has 5 nitrogen and oxygen atoms in total. The van der Waals surface area contributed by atoms with Gasteiger partial charge in [0.2, 0.25) is 0 Å². The molecule has 2 fully saturated rings. The number of hydrogen-bond donors (Lipinski definition) is 1. The van der Waals surface area contributed by atoms with E-state index in [1.165, 1.54) is 10.4 Å². The van der Waals surface area contributed by atoms with Crippen molar-refractivity contribution in [2.75, 3.05) is 0 Å². The predicted octanol–water partition coefficient (Wildman–Crippen LogP) is 6.44. The van der Waals surface area contributed by atoms with Crippen LogP contribution in [0.1, 0.15) is 52.5 Å². The topological polar surface area (TPSA) is 67.8 Å². The lowest BCUT2D eigenvalue weighted by Gasteiger charge is -2.46. The van der Waals surface area contributed by atoms with Gasteiger partial charge in [-0.25, -0.2) is 4.83 Å². The highest BCUT2D eigenvalue weighted by atomic mass is 32.2. The highest BCUT2D eigenvalue weighted by Gasteiger charge is 2.57. The summed E-state index contributed by atoms with van der Waals surface area (Å²) < 4.78 is 33.5. The second-order valence-corrected chi connectivity index (χ2v) is 19.0. The Balaban J connectivity index is 1.45. The number of benzene rings is 3. The molecule has 1 N–H and O–H groups in total. The van der Waals surface area contributed by atoms with Crippen LogP contribution in [-0.4, -0.2) is 28.6 Å². The number of hydrazone groups is 1. The summed E-state index contributed by atoms with van der Waals surface area (Å²) in [6.07, 6.45) is 4.66. The zero-order valence-electron chi connectivity index (χ0n) is 25.5. The number of sulfonamides is 1. The normalized spacial score (nSPS) is 25.4. The number of allylic oxidation sites excluding steroid dienone is 1. The maximum absolute atomic E-state index is 12.9. The minimum Gasteiger partial charge on any atom is -0.404 e. The Hall–Kier alpha value is -3.00. The molecule has 0 saturated heterocycles. The third-order valence-electron chi connectivity index (χ3n) is 9.52. The Morgan fingerprint density at radius 1 is 0.952 bits per heavy atom. The Morgan fingerprint density at radius 2 is 1.52 bits per heavy atom. The summed E-state index contributed by atoms with van der Waals surface area (Å²) in [5.41, 5.74) is 1.94. The number of hydrogen-bond acceptors (Lipinski definition) is 4. The van der Waals surface area contributed by atoms with Gasteiger partial charge in [-0.3, -0.25) is 0 Å². The smallest absolute Gasteiger partial charge is 0.276 e. The van der Waals surface area contributed by atoms with E-state index in [0.717, 1.165) is 30.5 Å². The summed E-state index contributed by atoms with van der Waals surface area (Å²) in [6.45, 7) is 15.2. The molecule has 2 saturated carbocycles. The number of rotatable bonds is 9. The second kappa shape index (κ2) is 11.9. The van der Waals surface area contributed by atoms with Gasteiger partial charge in [-0.15, -0.1) is 6.58 Å². The van der Waals surface area contributed by atoms with Crippen LogP contribution in [-0.2, 0) is 14.4 Å². The minimum atomic E-state index is -3.72. The van der Waals surface area contributed by atoms with Crippen molar-refractivity contribution in [3.05, 3.63) is 103 Å². The molecule has 222 valence electrons. The van der Waals surface area contributed by atoms with Crippen LogP contribution in [0.4, 0.5) is 0 Å². The van der Waals surface area contributed by atoms with Crippen LogP contribution in [0.5, 0.6) is 0 Å². The van der Waals surface area contributed by atoms with E-state index in [0.29, 0.717) is 11.8 Å². The first-order valence-electron chi connectivity index (χ1n) is 15.0. The molecular weight excluding hydrogens is 557 g/mol. The van der Waals surface area contributed by atoms with E-state index in [4.69, 9.17) is 4.43 Å². The van der Waals surface area contributed by atoms with Gasteiger partial charge in [0.15, 0.2) is 0 Å². The van der Waals surface area contributed by atoms with E-state index in [2.05, 4.69) is 105 Å². The first kappa shape index (κ1) is 30.5. The quantitative estimate of drug-likeness (QED) is 0.175. The molecule has 2 aliphatic carbocycles. The molecule has 5 rings (SSSR count). The average Bonchev–Trinajstić information content (AvgIpc) is 3.46. The van der Waals surface area contributed by atoms with Crippen LogP contribution < -0.4 is 15.2 Å². The van der Waals surface area contributed by atoms with Crippen LogP contribution in [0, 0.1) is 30.6 Å². The molecule has 3 aromatic rings. The van der Waals surface area contributed by atoms with Gasteiger partial charge in [-0.2, -0.15) is 13.5 Å². The maximum Gasteiger partial charge on any atom is 0.276 e. The van der Waals surface area contributed by atoms with Gasteiger partial charge >= 0.3 is 0 Å². The van der Waals surface area contributed by atoms with Gasteiger partial charge in [0.05, 0.1) is 4.90 Å². The standard InChI is InChI=1S/C35H44N2O3SSi/c1-7-14-30-32-23-33(36-37-41(38,39)27-21-19-25(2)20-22-27)26(3)31(32)24-34(30)40-42(35(4,5)6,28-15-10-8-11-16-28)29-17-12-9-13-18-29/h7-13,15-22,26,30-32,34,37H,1,14,23-24H2,2-6H3/b36-33+/t26-,30-,31-,32-,34-/m1/s1. The van der Waals surface area contributed by atoms with Gasteiger partial charge in [0, 0.05) is 11.8 Å². The molecule has 7 heteroatoms. The van der Waals surface area contributed by atoms with Gasteiger partial charge in [-0.05, 0) is 77.4 Å². The monoisotopic (exact) mass is 600 g/mol. The van der Waals surface area contributed by atoms with Crippen molar-refractivity contribution >= 4 is 34.4 Å². The van der Waals surface area contributed by atoms with Crippen molar-refractivity contribution < 1.29 is 12.8 Å². The summed E-state index contributed by atoms with van der Waals surface area (Å²) in [5.74, 6) is 1.19. The molecule has 5 atom stereocenters. The van der Waals surface area contributed by atoms with Crippen molar-refractivity contribution in [3.63, 3.8) is 0 Å². The van der Waals surface area contributed by atoms with Crippen LogP contribution >= 0.6 is 0 Å². The molecule has 3 aromatic carbocycles. The second-order valence-electron chi connectivity index (χ2n) is 13.1. The fourth-order valence-electron chi connectivity index (χ4n) is 7.37. The first-order valence-corrected chi connectivity index (χ1v) is 18.4. The molecule has 0 aliphatic heterocycles. The number of nitrogens with one attached hydrogen (secondary N) is 1. The number of aryl methyl sites for hydroxylation is 1. The van der Waals surface area contributed by atoms with E-state index in [1.807, 2.05) is 13.0 Å². The molecular formula is C35H44N2O3SSi. The summed E-state index contributed by atoms with van der Waals surface area (Å²) in [7, 11) is -6.43.